The van der Waals surface area contributed by atoms with E-state index in [-0.39, 0.29) is 23.1 Å². The summed E-state index contributed by atoms with van der Waals surface area (Å²) < 4.78 is 9.29. The molecule has 0 radical (unpaired) electrons. The normalized spacial score (nSPS) is 19.5. The Hall–Kier alpha value is -4.08. The third-order valence-electron chi connectivity index (χ3n) is 7.38. The second kappa shape index (κ2) is 7.71. The van der Waals surface area contributed by atoms with Crippen molar-refractivity contribution in [1.82, 2.24) is 29.6 Å². The van der Waals surface area contributed by atoms with Gasteiger partial charge in [-0.2, -0.15) is 4.57 Å². The number of imidazole rings is 1. The average molecular weight is 501 g/mol. The van der Waals surface area contributed by atoms with Gasteiger partial charge in [0, 0.05) is 32.5 Å². The predicted molar refractivity (Wildman–Crippen MR) is 134 cm³/mol. The molecule has 2 aliphatic rings. The molecule has 1 aromatic carbocycles. The summed E-state index contributed by atoms with van der Waals surface area (Å²) in [6, 6.07) is 10.4. The summed E-state index contributed by atoms with van der Waals surface area (Å²) in [6.07, 6.45) is 1.82. The van der Waals surface area contributed by atoms with Gasteiger partial charge < -0.3 is 9.32 Å². The third kappa shape index (κ3) is 3.46. The zero-order valence-electron chi connectivity index (χ0n) is 21.9. The molecule has 1 unspecified atom stereocenters. The van der Waals surface area contributed by atoms with Gasteiger partial charge in [-0.15, -0.1) is 10.2 Å². The summed E-state index contributed by atoms with van der Waals surface area (Å²) in [5.74, 6) is -0.0941. The van der Waals surface area contributed by atoms with Crippen molar-refractivity contribution in [3.8, 4) is 11.3 Å². The minimum atomic E-state index is -0.795. The summed E-state index contributed by atoms with van der Waals surface area (Å²) in [5.41, 5.74) is 4.47. The maximum atomic E-state index is 13.6. The van der Waals surface area contributed by atoms with E-state index >= 15 is 0 Å². The molecule has 0 saturated carbocycles. The van der Waals surface area contributed by atoms with Gasteiger partial charge in [0.1, 0.15) is 5.69 Å². The number of nitrogens with zero attached hydrogens (tertiary/aromatic N) is 7. The fourth-order valence-electron chi connectivity index (χ4n) is 5.58. The number of fused-ring (bicyclic) bond motifs is 5. The quantitative estimate of drug-likeness (QED) is 0.393. The average Bonchev–Trinajstić information content (AvgIpc) is 3.50. The van der Waals surface area contributed by atoms with Gasteiger partial charge >= 0.3 is 23.4 Å². The van der Waals surface area contributed by atoms with E-state index < -0.39 is 5.66 Å². The molecule has 190 valence electrons. The van der Waals surface area contributed by atoms with Crippen molar-refractivity contribution in [1.29, 1.82) is 0 Å². The lowest BCUT2D eigenvalue weighted by Gasteiger charge is -2.42. The lowest BCUT2D eigenvalue weighted by Crippen LogP contribution is -2.69. The van der Waals surface area contributed by atoms with E-state index in [4.69, 9.17) is 9.52 Å². The smallest absolute Gasteiger partial charge is 0.313 e. The first-order chi connectivity index (χ1) is 17.5. The second-order valence-corrected chi connectivity index (χ2v) is 11.2. The number of piperazine rings is 1. The van der Waals surface area contributed by atoms with Crippen LogP contribution < -0.4 is 4.57 Å². The second-order valence-electron chi connectivity index (χ2n) is 11.2. The molecule has 5 heterocycles. The predicted octanol–water partition coefficient (Wildman–Crippen LogP) is 2.87. The largest absolute Gasteiger partial charge is 0.417 e. The maximum absolute atomic E-state index is 13.6. The Morgan fingerprint density at radius 3 is 2.59 bits per heavy atom. The van der Waals surface area contributed by atoms with Gasteiger partial charge in [0.25, 0.3) is 0 Å². The first-order valence-corrected chi connectivity index (χ1v) is 12.5. The Balaban J connectivity index is 1.52. The van der Waals surface area contributed by atoms with E-state index in [2.05, 4.69) is 66.7 Å². The number of aromatic nitrogens is 5. The Kier molecular flexibility index (Phi) is 4.86. The van der Waals surface area contributed by atoms with Crippen molar-refractivity contribution >= 4 is 17.5 Å². The zero-order valence-corrected chi connectivity index (χ0v) is 21.9. The van der Waals surface area contributed by atoms with Gasteiger partial charge in [0.05, 0.1) is 12.1 Å². The highest BCUT2D eigenvalue weighted by atomic mass is 16.4. The van der Waals surface area contributed by atoms with Crippen LogP contribution in [0.5, 0.6) is 0 Å². The zero-order chi connectivity index (χ0) is 26.3. The minimum absolute atomic E-state index is 0.0364. The lowest BCUT2D eigenvalue weighted by atomic mass is 9.87. The topological polar surface area (TPSA) is 101 Å². The number of amides is 2. The summed E-state index contributed by atoms with van der Waals surface area (Å²) >= 11 is 0. The number of hydrogen-bond donors (Lipinski definition) is 0. The van der Waals surface area contributed by atoms with Crippen molar-refractivity contribution < 1.29 is 18.6 Å². The van der Waals surface area contributed by atoms with E-state index in [9.17, 15) is 9.59 Å². The van der Waals surface area contributed by atoms with Crippen LogP contribution in [0.1, 0.15) is 65.9 Å². The molecule has 2 aliphatic heterocycles. The molecule has 3 aromatic heterocycles. The van der Waals surface area contributed by atoms with Gasteiger partial charge in [-0.1, -0.05) is 54.1 Å². The molecule has 0 N–H and O–H groups in total. The number of hydrogen-bond acceptors (Lipinski definition) is 6. The van der Waals surface area contributed by atoms with Crippen LogP contribution in [0.4, 0.5) is 0 Å². The van der Waals surface area contributed by atoms with Crippen molar-refractivity contribution in [2.45, 2.75) is 52.6 Å². The van der Waals surface area contributed by atoms with Crippen molar-refractivity contribution in [3.63, 3.8) is 0 Å². The van der Waals surface area contributed by atoms with Crippen LogP contribution in [0, 0.1) is 13.8 Å². The summed E-state index contributed by atoms with van der Waals surface area (Å²) in [5, 5.41) is 12.7. The Morgan fingerprint density at radius 2 is 1.92 bits per heavy atom. The van der Waals surface area contributed by atoms with Crippen LogP contribution in [0.2, 0.25) is 0 Å². The molecule has 1 saturated heterocycles. The van der Waals surface area contributed by atoms with Crippen molar-refractivity contribution in [2.75, 3.05) is 19.6 Å². The number of rotatable bonds is 2. The van der Waals surface area contributed by atoms with Crippen LogP contribution in [0.15, 0.2) is 40.9 Å². The van der Waals surface area contributed by atoms with E-state index in [0.717, 1.165) is 28.0 Å². The van der Waals surface area contributed by atoms with Crippen molar-refractivity contribution in [2.24, 2.45) is 0 Å². The van der Waals surface area contributed by atoms with Crippen LogP contribution in [-0.4, -0.2) is 61.1 Å². The lowest BCUT2D eigenvalue weighted by molar-refractivity contribution is -0.749. The first-order valence-electron chi connectivity index (χ1n) is 12.5. The fourth-order valence-corrected chi connectivity index (χ4v) is 5.58. The van der Waals surface area contributed by atoms with E-state index in [0.29, 0.717) is 31.2 Å². The minimum Gasteiger partial charge on any atom is -0.417 e. The molecular weight excluding hydrogens is 470 g/mol. The maximum Gasteiger partial charge on any atom is 0.313 e. The van der Waals surface area contributed by atoms with Crippen LogP contribution in [0.25, 0.3) is 16.9 Å². The van der Waals surface area contributed by atoms with E-state index in [1.165, 1.54) is 0 Å². The standard InChI is InChI=1S/C27H30N7O3/c1-16-8-7-9-18(12-16)20-13-19(26(3,4)5)23-33(30-20)14-21-24(35)32-11-10-31(15-27(32,6)34(21)23)25(36)22-29-28-17(2)37-22/h7-9,12-14H,10-11,15H2,1-6H3/q+1. The monoisotopic (exact) mass is 500 g/mol. The highest BCUT2D eigenvalue weighted by molar-refractivity contribution is 5.94. The number of carbonyl (C=O) groups excluding carboxylic acids is 2. The molecule has 0 aliphatic carbocycles. The number of aryl methyl sites for hydroxylation is 2. The SMILES string of the molecule is Cc1cccc(-c2cc(C(C)(C)C)c3n(cc4[n+]3C3(C)CN(C(=O)c5nnc(C)o5)CCN3C4=O)n2)c1. The molecule has 37 heavy (non-hydrogen) atoms. The Labute approximate surface area is 214 Å². The Bertz CT molecular complexity index is 1600. The molecule has 4 aromatic rings. The van der Waals surface area contributed by atoms with Gasteiger partial charge in [0.2, 0.25) is 17.2 Å². The molecule has 0 bridgehead atoms. The van der Waals surface area contributed by atoms with Gasteiger partial charge in [-0.05, 0) is 24.5 Å². The van der Waals surface area contributed by atoms with E-state index in [1.807, 2.05) is 28.6 Å². The molecule has 1 fully saturated rings. The molecule has 1 atom stereocenters. The molecule has 10 nitrogen and oxygen atoms in total. The highest BCUT2D eigenvalue weighted by Gasteiger charge is 2.57. The Morgan fingerprint density at radius 1 is 1.14 bits per heavy atom. The van der Waals surface area contributed by atoms with Crippen LogP contribution in [-0.2, 0) is 11.1 Å². The number of benzene rings is 1. The van der Waals surface area contributed by atoms with Gasteiger partial charge in [-0.25, -0.2) is 0 Å². The summed E-state index contributed by atoms with van der Waals surface area (Å²) in [4.78, 5) is 30.4. The van der Waals surface area contributed by atoms with Crippen LogP contribution >= 0.6 is 0 Å². The van der Waals surface area contributed by atoms with Crippen LogP contribution in [0.3, 0.4) is 0 Å². The molecule has 6 rings (SSSR count). The third-order valence-corrected chi connectivity index (χ3v) is 7.38. The number of carbonyl (C=O) groups is 2. The van der Waals surface area contributed by atoms with E-state index in [1.54, 1.807) is 11.8 Å². The van der Waals surface area contributed by atoms with Gasteiger partial charge in [0.15, 0.2) is 6.20 Å². The first kappa shape index (κ1) is 23.3. The molecule has 2 amide bonds. The molecular formula is C27H30N7O3+. The summed E-state index contributed by atoms with van der Waals surface area (Å²) in [6.45, 7) is 13.3. The van der Waals surface area contributed by atoms with Gasteiger partial charge in [-0.3, -0.25) is 14.5 Å². The molecule has 0 spiro atoms. The fraction of sp³-hybridized carbons (Fsp3) is 0.407. The summed E-state index contributed by atoms with van der Waals surface area (Å²) in [7, 11) is 0. The highest BCUT2D eigenvalue weighted by Crippen LogP contribution is 2.35. The molecule has 10 heteroatoms. The van der Waals surface area contributed by atoms with Crippen molar-refractivity contribution in [3.05, 3.63) is 65.1 Å².